The van der Waals surface area contributed by atoms with Gasteiger partial charge in [-0.1, -0.05) is 18.2 Å². The van der Waals surface area contributed by atoms with E-state index in [1.54, 1.807) is 13.8 Å². The standard InChI is InChI=1S/C13H14IO4/c1-13(2,18-9-15)7-12(16)17-8-10-5-3-4-6-11(10)14/h3-6H,7-8H2,1-2H3. The highest BCUT2D eigenvalue weighted by molar-refractivity contribution is 14.1. The third-order valence-corrected chi connectivity index (χ3v) is 3.29. The molecular weight excluding hydrogens is 347 g/mol. The summed E-state index contributed by atoms with van der Waals surface area (Å²) in [4.78, 5) is 21.7. The molecule has 0 heterocycles. The molecule has 5 heteroatoms. The molecule has 0 atom stereocenters. The molecule has 0 unspecified atom stereocenters. The van der Waals surface area contributed by atoms with E-state index in [-0.39, 0.29) is 13.0 Å². The molecular formula is C13H14IO4. The number of carbonyl (C=O) groups excluding carboxylic acids is 2. The van der Waals surface area contributed by atoms with E-state index in [1.165, 1.54) is 6.47 Å². The number of hydrogen-bond donors (Lipinski definition) is 0. The average Bonchev–Trinajstić information content (AvgIpc) is 2.27. The number of carbonyl (C=O) groups is 1. The molecule has 18 heavy (non-hydrogen) atoms. The minimum absolute atomic E-state index is 0.00561. The van der Waals surface area contributed by atoms with Crippen molar-refractivity contribution < 1.29 is 19.1 Å². The van der Waals surface area contributed by atoms with E-state index in [2.05, 4.69) is 27.3 Å². The minimum atomic E-state index is -0.886. The first-order valence-electron chi connectivity index (χ1n) is 5.39. The lowest BCUT2D eigenvalue weighted by molar-refractivity contribution is -0.148. The summed E-state index contributed by atoms with van der Waals surface area (Å²) in [5.74, 6) is -0.407. The fraction of sp³-hybridized carbons (Fsp3) is 0.385. The highest BCUT2D eigenvalue weighted by Gasteiger charge is 2.24. The molecule has 1 aromatic rings. The van der Waals surface area contributed by atoms with Gasteiger partial charge in [0.25, 0.3) is 0 Å². The molecule has 0 aromatic heterocycles. The number of rotatable bonds is 6. The van der Waals surface area contributed by atoms with Gasteiger partial charge in [-0.25, -0.2) is 4.79 Å². The molecule has 0 N–H and O–H groups in total. The van der Waals surface area contributed by atoms with Gasteiger partial charge in [-0.3, -0.25) is 4.79 Å². The third kappa shape index (κ3) is 5.03. The number of ether oxygens (including phenoxy) is 2. The molecule has 1 rings (SSSR count). The Morgan fingerprint density at radius 3 is 2.67 bits per heavy atom. The van der Waals surface area contributed by atoms with Crippen molar-refractivity contribution in [3.8, 4) is 0 Å². The largest absolute Gasteiger partial charge is 0.461 e. The van der Waals surface area contributed by atoms with Gasteiger partial charge in [0, 0.05) is 9.13 Å². The van der Waals surface area contributed by atoms with Gasteiger partial charge < -0.3 is 9.47 Å². The topological polar surface area (TPSA) is 52.6 Å². The highest BCUT2D eigenvalue weighted by atomic mass is 127. The fourth-order valence-electron chi connectivity index (χ4n) is 1.32. The average molecular weight is 361 g/mol. The Balaban J connectivity index is 2.47. The highest BCUT2D eigenvalue weighted by Crippen LogP contribution is 2.16. The van der Waals surface area contributed by atoms with E-state index in [0.717, 1.165) is 9.13 Å². The number of hydrogen-bond acceptors (Lipinski definition) is 4. The molecule has 97 valence electrons. The van der Waals surface area contributed by atoms with Gasteiger partial charge >= 0.3 is 12.4 Å². The minimum Gasteiger partial charge on any atom is -0.461 e. The van der Waals surface area contributed by atoms with Crippen molar-refractivity contribution in [1.29, 1.82) is 0 Å². The van der Waals surface area contributed by atoms with E-state index in [1.807, 2.05) is 24.3 Å². The van der Waals surface area contributed by atoms with Gasteiger partial charge in [0.05, 0.1) is 6.42 Å². The summed E-state index contributed by atoms with van der Waals surface area (Å²) in [5, 5.41) is 0. The van der Waals surface area contributed by atoms with Crippen LogP contribution in [0.25, 0.3) is 0 Å². The van der Waals surface area contributed by atoms with Crippen LogP contribution in [-0.4, -0.2) is 18.0 Å². The molecule has 0 spiro atoms. The van der Waals surface area contributed by atoms with Crippen molar-refractivity contribution in [2.75, 3.05) is 0 Å². The lowest BCUT2D eigenvalue weighted by Gasteiger charge is -2.20. The Morgan fingerprint density at radius 1 is 1.39 bits per heavy atom. The van der Waals surface area contributed by atoms with Gasteiger partial charge in [0.15, 0.2) is 0 Å². The number of esters is 1. The van der Waals surface area contributed by atoms with E-state index >= 15 is 0 Å². The third-order valence-electron chi connectivity index (χ3n) is 2.23. The van der Waals surface area contributed by atoms with Crippen molar-refractivity contribution in [2.24, 2.45) is 0 Å². The van der Waals surface area contributed by atoms with Crippen LogP contribution in [0.1, 0.15) is 25.8 Å². The van der Waals surface area contributed by atoms with Crippen LogP contribution >= 0.6 is 22.6 Å². The first-order valence-corrected chi connectivity index (χ1v) is 6.47. The first-order chi connectivity index (χ1) is 8.44. The second-order valence-electron chi connectivity index (χ2n) is 4.37. The quantitative estimate of drug-likeness (QED) is 0.577. The predicted molar refractivity (Wildman–Crippen MR) is 74.4 cm³/mol. The van der Waals surface area contributed by atoms with Gasteiger partial charge in [0.1, 0.15) is 12.2 Å². The summed E-state index contributed by atoms with van der Waals surface area (Å²) in [7, 11) is 0. The summed E-state index contributed by atoms with van der Waals surface area (Å²) >= 11 is 2.18. The van der Waals surface area contributed by atoms with Gasteiger partial charge in [-0.2, -0.15) is 0 Å². The summed E-state index contributed by atoms with van der Waals surface area (Å²) in [5.41, 5.74) is 0.0648. The van der Waals surface area contributed by atoms with Crippen LogP contribution in [0, 0.1) is 3.57 Å². The van der Waals surface area contributed by atoms with Crippen molar-refractivity contribution in [3.05, 3.63) is 33.4 Å². The maximum atomic E-state index is 11.6. The van der Waals surface area contributed by atoms with Gasteiger partial charge in [-0.05, 0) is 42.5 Å². The monoisotopic (exact) mass is 361 g/mol. The predicted octanol–water partition coefficient (Wildman–Crippen LogP) is 2.59. The second kappa shape index (κ2) is 6.72. The molecule has 0 aliphatic rings. The molecule has 0 aliphatic carbocycles. The van der Waals surface area contributed by atoms with Gasteiger partial charge in [-0.15, -0.1) is 0 Å². The lowest BCUT2D eigenvalue weighted by atomic mass is 10.1. The molecule has 0 aliphatic heterocycles. The Bertz CT molecular complexity index is 429. The second-order valence-corrected chi connectivity index (χ2v) is 5.54. The summed E-state index contributed by atoms with van der Waals surface area (Å²) in [6.07, 6.45) is 0.00561. The summed E-state index contributed by atoms with van der Waals surface area (Å²) in [6, 6.07) is 7.65. The maximum Gasteiger partial charge on any atom is 0.418 e. The molecule has 1 aromatic carbocycles. The van der Waals surface area contributed by atoms with Crippen LogP contribution < -0.4 is 0 Å². The smallest absolute Gasteiger partial charge is 0.418 e. The Hall–Kier alpha value is -1.11. The fourth-order valence-corrected chi connectivity index (χ4v) is 1.86. The van der Waals surface area contributed by atoms with Crippen LogP contribution in [0.2, 0.25) is 0 Å². The zero-order valence-electron chi connectivity index (χ0n) is 10.2. The number of halogens is 1. The molecule has 1 radical (unpaired) electrons. The Kier molecular flexibility index (Phi) is 5.58. The lowest BCUT2D eigenvalue weighted by Crippen LogP contribution is -2.28. The molecule has 0 fully saturated rings. The first kappa shape index (κ1) is 14.9. The summed E-state index contributed by atoms with van der Waals surface area (Å²) in [6.45, 7) is 4.82. The van der Waals surface area contributed by atoms with Crippen LogP contribution in [0.4, 0.5) is 0 Å². The number of benzene rings is 1. The van der Waals surface area contributed by atoms with Crippen molar-refractivity contribution >= 4 is 35.0 Å². The zero-order valence-corrected chi connectivity index (χ0v) is 12.4. The van der Waals surface area contributed by atoms with Crippen molar-refractivity contribution in [3.63, 3.8) is 0 Å². The van der Waals surface area contributed by atoms with Crippen LogP contribution in [0.5, 0.6) is 0 Å². The van der Waals surface area contributed by atoms with E-state index < -0.39 is 11.6 Å². The normalized spacial score (nSPS) is 10.8. The molecule has 0 saturated heterocycles. The maximum absolute atomic E-state index is 11.6. The van der Waals surface area contributed by atoms with E-state index in [4.69, 9.17) is 4.74 Å². The van der Waals surface area contributed by atoms with E-state index in [0.29, 0.717) is 0 Å². The molecule has 0 amide bonds. The molecule has 0 bridgehead atoms. The zero-order chi connectivity index (χ0) is 13.6. The van der Waals surface area contributed by atoms with Crippen LogP contribution in [-0.2, 0) is 25.7 Å². The van der Waals surface area contributed by atoms with Crippen LogP contribution in [0.15, 0.2) is 24.3 Å². The Morgan fingerprint density at radius 2 is 2.06 bits per heavy atom. The SMILES string of the molecule is CC(C)(CC(=O)OCc1ccccc1I)O[C]=O. The summed E-state index contributed by atoms with van der Waals surface area (Å²) < 4.78 is 10.8. The van der Waals surface area contributed by atoms with Crippen molar-refractivity contribution in [1.82, 2.24) is 0 Å². The van der Waals surface area contributed by atoms with E-state index in [9.17, 15) is 9.59 Å². The molecule has 4 nitrogen and oxygen atoms in total. The van der Waals surface area contributed by atoms with Gasteiger partial charge in [0.2, 0.25) is 0 Å². The van der Waals surface area contributed by atoms with Crippen LogP contribution in [0.3, 0.4) is 0 Å². The molecule has 0 saturated carbocycles. The van der Waals surface area contributed by atoms with Crippen molar-refractivity contribution in [2.45, 2.75) is 32.5 Å². The Labute approximate surface area is 120 Å².